The van der Waals surface area contributed by atoms with Gasteiger partial charge in [-0.1, -0.05) is 40.5 Å². The highest BCUT2D eigenvalue weighted by Gasteiger charge is 2.19. The number of hydrogen-bond acceptors (Lipinski definition) is 2. The Labute approximate surface area is 107 Å². The van der Waals surface area contributed by atoms with Crippen LogP contribution in [0.25, 0.3) is 0 Å². The summed E-state index contributed by atoms with van der Waals surface area (Å²) >= 11 is 0. The van der Waals surface area contributed by atoms with E-state index < -0.39 is 0 Å². The lowest BCUT2D eigenvalue weighted by Crippen LogP contribution is -2.43. The molecule has 0 aromatic carbocycles. The first kappa shape index (κ1) is 16.4. The highest BCUT2D eigenvalue weighted by molar-refractivity contribution is 5.78. The number of amides is 1. The molecule has 0 saturated heterocycles. The van der Waals surface area contributed by atoms with Crippen molar-refractivity contribution in [3.05, 3.63) is 0 Å². The summed E-state index contributed by atoms with van der Waals surface area (Å²) in [6.45, 7) is 9.09. The molecule has 17 heavy (non-hydrogen) atoms. The molecule has 0 saturated carbocycles. The van der Waals surface area contributed by atoms with Crippen molar-refractivity contribution in [2.24, 2.45) is 17.6 Å². The van der Waals surface area contributed by atoms with Gasteiger partial charge >= 0.3 is 0 Å². The van der Waals surface area contributed by atoms with Crippen LogP contribution in [0.2, 0.25) is 0 Å². The third kappa shape index (κ3) is 7.37. The van der Waals surface area contributed by atoms with Gasteiger partial charge in [-0.05, 0) is 25.2 Å². The highest BCUT2D eigenvalue weighted by Crippen LogP contribution is 2.13. The van der Waals surface area contributed by atoms with Crippen molar-refractivity contribution in [3.63, 3.8) is 0 Å². The summed E-state index contributed by atoms with van der Waals surface area (Å²) in [6.07, 6.45) is 5.16. The van der Waals surface area contributed by atoms with Crippen LogP contribution >= 0.6 is 0 Å². The fourth-order valence-corrected chi connectivity index (χ4v) is 2.07. The minimum atomic E-state index is 0.137. The molecule has 0 bridgehead atoms. The van der Waals surface area contributed by atoms with Gasteiger partial charge in [-0.25, -0.2) is 0 Å². The van der Waals surface area contributed by atoms with Crippen molar-refractivity contribution in [2.45, 2.75) is 65.8 Å². The van der Waals surface area contributed by atoms with Crippen LogP contribution in [0.4, 0.5) is 0 Å². The summed E-state index contributed by atoms with van der Waals surface area (Å²) in [4.78, 5) is 12.1. The van der Waals surface area contributed by atoms with Crippen molar-refractivity contribution in [3.8, 4) is 0 Å². The zero-order valence-corrected chi connectivity index (χ0v) is 12.0. The van der Waals surface area contributed by atoms with E-state index in [-0.39, 0.29) is 17.9 Å². The van der Waals surface area contributed by atoms with E-state index in [2.05, 4.69) is 33.0 Å². The zero-order valence-electron chi connectivity index (χ0n) is 12.0. The van der Waals surface area contributed by atoms with Gasteiger partial charge in [0.05, 0.1) is 0 Å². The van der Waals surface area contributed by atoms with Crippen LogP contribution in [-0.2, 0) is 4.79 Å². The number of unbranched alkanes of at least 4 members (excludes halogenated alkanes) is 1. The van der Waals surface area contributed by atoms with Gasteiger partial charge in [-0.3, -0.25) is 4.79 Å². The van der Waals surface area contributed by atoms with Gasteiger partial charge in [-0.15, -0.1) is 0 Å². The average Bonchev–Trinajstić information content (AvgIpc) is 2.28. The Bertz CT molecular complexity index is 204. The summed E-state index contributed by atoms with van der Waals surface area (Å²) in [5.41, 5.74) is 5.70. The van der Waals surface area contributed by atoms with E-state index >= 15 is 0 Å². The molecule has 0 rings (SSSR count). The Kier molecular flexibility index (Phi) is 9.14. The first-order chi connectivity index (χ1) is 8.04. The quantitative estimate of drug-likeness (QED) is 0.653. The third-order valence-electron chi connectivity index (χ3n) is 3.16. The number of hydrogen-bond donors (Lipinski definition) is 2. The molecule has 3 N–H and O–H groups in total. The van der Waals surface area contributed by atoms with Crippen molar-refractivity contribution in [1.82, 2.24) is 5.32 Å². The highest BCUT2D eigenvalue weighted by atomic mass is 16.1. The van der Waals surface area contributed by atoms with Crippen LogP contribution in [0.15, 0.2) is 0 Å². The van der Waals surface area contributed by atoms with Crippen LogP contribution < -0.4 is 11.1 Å². The molecule has 0 fully saturated rings. The Morgan fingerprint density at radius 1 is 1.29 bits per heavy atom. The second kappa shape index (κ2) is 9.46. The van der Waals surface area contributed by atoms with Crippen LogP contribution in [0.1, 0.15) is 59.8 Å². The SMILES string of the molecule is CCCCC(CC)C(=O)NC(CN)CC(C)C. The lowest BCUT2D eigenvalue weighted by molar-refractivity contribution is -0.126. The molecule has 3 heteroatoms. The third-order valence-corrected chi connectivity index (χ3v) is 3.16. The first-order valence-corrected chi connectivity index (χ1v) is 7.05. The topological polar surface area (TPSA) is 55.1 Å². The van der Waals surface area contributed by atoms with Gasteiger partial charge in [-0.2, -0.15) is 0 Å². The van der Waals surface area contributed by atoms with E-state index in [1.54, 1.807) is 0 Å². The van der Waals surface area contributed by atoms with Gasteiger partial charge < -0.3 is 11.1 Å². The van der Waals surface area contributed by atoms with Crippen LogP contribution in [0, 0.1) is 11.8 Å². The summed E-state index contributed by atoms with van der Waals surface area (Å²) in [5, 5.41) is 3.09. The fraction of sp³-hybridized carbons (Fsp3) is 0.929. The van der Waals surface area contributed by atoms with E-state index in [4.69, 9.17) is 5.73 Å². The summed E-state index contributed by atoms with van der Waals surface area (Å²) < 4.78 is 0. The molecule has 0 spiro atoms. The second-order valence-electron chi connectivity index (χ2n) is 5.32. The molecule has 102 valence electrons. The van der Waals surface area contributed by atoms with Gasteiger partial charge in [0.15, 0.2) is 0 Å². The van der Waals surface area contributed by atoms with E-state index in [1.165, 1.54) is 0 Å². The molecule has 0 heterocycles. The monoisotopic (exact) mass is 242 g/mol. The molecule has 0 aromatic heterocycles. The summed E-state index contributed by atoms with van der Waals surface area (Å²) in [7, 11) is 0. The Balaban J connectivity index is 4.16. The van der Waals surface area contributed by atoms with Crippen LogP contribution in [0.5, 0.6) is 0 Å². The predicted molar refractivity (Wildman–Crippen MR) is 73.7 cm³/mol. The number of rotatable bonds is 9. The van der Waals surface area contributed by atoms with E-state index in [0.29, 0.717) is 12.5 Å². The van der Waals surface area contributed by atoms with Crippen molar-refractivity contribution in [2.75, 3.05) is 6.54 Å². The summed E-state index contributed by atoms with van der Waals surface area (Å²) in [6, 6.07) is 0.137. The summed E-state index contributed by atoms with van der Waals surface area (Å²) in [5.74, 6) is 0.924. The van der Waals surface area contributed by atoms with E-state index in [1.807, 2.05) is 0 Å². The lowest BCUT2D eigenvalue weighted by atomic mass is 9.97. The molecule has 0 aliphatic rings. The van der Waals surface area contributed by atoms with Crippen molar-refractivity contribution in [1.29, 1.82) is 0 Å². The number of carbonyl (C=O) groups excluding carboxylic acids is 1. The standard InChI is InChI=1S/C14H30N2O/c1-5-7-8-12(6-2)14(17)16-13(10-15)9-11(3)4/h11-13H,5-10,15H2,1-4H3,(H,16,17). The predicted octanol–water partition coefficient (Wildman–Crippen LogP) is 2.69. The van der Waals surface area contributed by atoms with Gasteiger partial charge in [0.2, 0.25) is 5.91 Å². The van der Waals surface area contributed by atoms with Gasteiger partial charge in [0.1, 0.15) is 0 Å². The largest absolute Gasteiger partial charge is 0.352 e. The fourth-order valence-electron chi connectivity index (χ4n) is 2.07. The minimum Gasteiger partial charge on any atom is -0.352 e. The Morgan fingerprint density at radius 2 is 1.94 bits per heavy atom. The van der Waals surface area contributed by atoms with E-state index in [9.17, 15) is 4.79 Å². The first-order valence-electron chi connectivity index (χ1n) is 7.05. The molecule has 3 nitrogen and oxygen atoms in total. The number of nitrogens with one attached hydrogen (secondary N) is 1. The van der Waals surface area contributed by atoms with Crippen LogP contribution in [-0.4, -0.2) is 18.5 Å². The molecular weight excluding hydrogens is 212 g/mol. The van der Waals surface area contributed by atoms with Gasteiger partial charge in [0, 0.05) is 18.5 Å². The number of carbonyl (C=O) groups is 1. The smallest absolute Gasteiger partial charge is 0.223 e. The molecule has 2 unspecified atom stereocenters. The van der Waals surface area contributed by atoms with Gasteiger partial charge in [0.25, 0.3) is 0 Å². The maximum atomic E-state index is 12.1. The zero-order chi connectivity index (χ0) is 13.3. The maximum absolute atomic E-state index is 12.1. The van der Waals surface area contributed by atoms with Crippen molar-refractivity contribution < 1.29 is 4.79 Å². The lowest BCUT2D eigenvalue weighted by Gasteiger charge is -2.22. The maximum Gasteiger partial charge on any atom is 0.223 e. The second-order valence-corrected chi connectivity index (χ2v) is 5.32. The normalized spacial score (nSPS) is 14.7. The number of nitrogens with two attached hydrogens (primary N) is 1. The molecule has 0 radical (unpaired) electrons. The van der Waals surface area contributed by atoms with E-state index in [0.717, 1.165) is 32.1 Å². The molecule has 0 aromatic rings. The molecule has 0 aliphatic carbocycles. The molecule has 0 aliphatic heterocycles. The molecule has 2 atom stereocenters. The van der Waals surface area contributed by atoms with Crippen molar-refractivity contribution >= 4 is 5.91 Å². The minimum absolute atomic E-state index is 0.137. The molecule has 1 amide bonds. The Hall–Kier alpha value is -0.570. The average molecular weight is 242 g/mol. The Morgan fingerprint density at radius 3 is 2.35 bits per heavy atom. The molecular formula is C14H30N2O. The van der Waals surface area contributed by atoms with Crippen LogP contribution in [0.3, 0.4) is 0 Å².